The molecule has 3 atom stereocenters. The molecule has 0 aromatic heterocycles. The Morgan fingerprint density at radius 1 is 0.821 bits per heavy atom. The Kier molecular flexibility index (Phi) is 4.77. The van der Waals surface area contributed by atoms with Gasteiger partial charge in [0.2, 0.25) is 0 Å². The maximum atomic E-state index is 9.42. The van der Waals surface area contributed by atoms with Crippen LogP contribution in [0.2, 0.25) is 0 Å². The van der Waals surface area contributed by atoms with Crippen LogP contribution in [0.1, 0.15) is 42.0 Å². The summed E-state index contributed by atoms with van der Waals surface area (Å²) >= 11 is 0. The summed E-state index contributed by atoms with van der Waals surface area (Å²) in [6, 6.07) is 16.7. The second-order valence-corrected chi connectivity index (χ2v) is 8.50. The molecule has 3 heterocycles. The molecule has 0 unspecified atom stereocenters. The Morgan fingerprint density at radius 2 is 1.57 bits per heavy atom. The van der Waals surface area contributed by atoms with Crippen molar-refractivity contribution in [3.63, 3.8) is 0 Å². The fourth-order valence-electron chi connectivity index (χ4n) is 5.81. The molecule has 2 N–H and O–H groups in total. The molecule has 4 heteroatoms. The Morgan fingerprint density at radius 3 is 2.36 bits per heavy atom. The van der Waals surface area contributed by atoms with Crippen LogP contribution in [0.15, 0.2) is 42.5 Å². The summed E-state index contributed by atoms with van der Waals surface area (Å²) in [4.78, 5) is 5.26. The van der Waals surface area contributed by atoms with Gasteiger partial charge in [0.1, 0.15) is 0 Å². The quantitative estimate of drug-likeness (QED) is 0.838. The highest BCUT2D eigenvalue weighted by Crippen LogP contribution is 2.52. The highest BCUT2D eigenvalue weighted by Gasteiger charge is 2.48. The minimum atomic E-state index is 0.201. The van der Waals surface area contributed by atoms with Crippen molar-refractivity contribution in [1.82, 2.24) is 0 Å². The fourth-order valence-corrected chi connectivity index (χ4v) is 5.81. The summed E-state index contributed by atoms with van der Waals surface area (Å²) in [5.74, 6) is 0.677. The van der Waals surface area contributed by atoms with E-state index in [0.29, 0.717) is 18.0 Å². The number of nitrogens with zero attached hydrogens (tertiary/aromatic N) is 2. The van der Waals surface area contributed by atoms with E-state index >= 15 is 0 Å². The van der Waals surface area contributed by atoms with Gasteiger partial charge in [-0.25, -0.2) is 0 Å². The predicted octanol–water partition coefficient (Wildman–Crippen LogP) is 3.31. The number of hydrogen-bond acceptors (Lipinski definition) is 4. The molecule has 2 aromatic rings. The van der Waals surface area contributed by atoms with Crippen molar-refractivity contribution in [3.8, 4) is 0 Å². The fraction of sp³-hybridized carbons (Fsp3) is 0.500. The third kappa shape index (κ3) is 2.90. The van der Waals surface area contributed by atoms with Crippen molar-refractivity contribution in [2.75, 3.05) is 36.1 Å². The molecule has 2 aromatic carbocycles. The molecular weight excluding hydrogens is 348 g/mol. The van der Waals surface area contributed by atoms with Gasteiger partial charge in [-0.15, -0.1) is 0 Å². The summed E-state index contributed by atoms with van der Waals surface area (Å²) in [6.45, 7) is 2.68. The molecule has 28 heavy (non-hydrogen) atoms. The lowest BCUT2D eigenvalue weighted by atomic mass is 9.81. The molecule has 2 fully saturated rings. The zero-order valence-electron chi connectivity index (χ0n) is 16.4. The molecular formula is C24H30N2O2. The van der Waals surface area contributed by atoms with E-state index in [4.69, 9.17) is 0 Å². The van der Waals surface area contributed by atoms with Crippen LogP contribution < -0.4 is 9.80 Å². The molecule has 0 radical (unpaired) electrons. The van der Waals surface area contributed by atoms with Crippen LogP contribution in [0, 0.1) is 5.92 Å². The zero-order valence-corrected chi connectivity index (χ0v) is 16.4. The van der Waals surface area contributed by atoms with Gasteiger partial charge in [-0.05, 0) is 67.0 Å². The Balaban J connectivity index is 1.54. The SMILES string of the molecule is OCCc1ccc(N2CC[C@@H]3[C@H]2c2cc(CCO)ccc2N2CCC[C@@H]32)cc1. The largest absolute Gasteiger partial charge is 0.396 e. The van der Waals surface area contributed by atoms with Gasteiger partial charge in [-0.3, -0.25) is 0 Å². The summed E-state index contributed by atoms with van der Waals surface area (Å²) in [6.07, 6.45) is 5.29. The van der Waals surface area contributed by atoms with Crippen molar-refractivity contribution in [3.05, 3.63) is 59.2 Å². The van der Waals surface area contributed by atoms with Crippen molar-refractivity contribution in [2.45, 2.75) is 44.2 Å². The van der Waals surface area contributed by atoms with Gasteiger partial charge in [0.05, 0.1) is 6.04 Å². The zero-order chi connectivity index (χ0) is 19.1. The van der Waals surface area contributed by atoms with E-state index in [9.17, 15) is 10.2 Å². The number of aliphatic hydroxyl groups is 2. The predicted molar refractivity (Wildman–Crippen MR) is 113 cm³/mol. The van der Waals surface area contributed by atoms with Crippen LogP contribution in [-0.4, -0.2) is 42.6 Å². The Hall–Kier alpha value is -2.04. The minimum Gasteiger partial charge on any atom is -0.396 e. The smallest absolute Gasteiger partial charge is 0.0611 e. The third-order valence-corrected chi connectivity index (χ3v) is 7.03. The average Bonchev–Trinajstić information content (AvgIpc) is 3.36. The molecule has 0 spiro atoms. The average molecular weight is 379 g/mol. The van der Waals surface area contributed by atoms with Crippen LogP contribution in [0.25, 0.3) is 0 Å². The topological polar surface area (TPSA) is 46.9 Å². The first-order chi connectivity index (χ1) is 13.8. The van der Waals surface area contributed by atoms with Gasteiger partial charge in [0.15, 0.2) is 0 Å². The van der Waals surface area contributed by atoms with Gasteiger partial charge < -0.3 is 20.0 Å². The summed E-state index contributed by atoms with van der Waals surface area (Å²) in [7, 11) is 0. The molecule has 0 aliphatic carbocycles. The molecule has 0 amide bonds. The standard InChI is InChI=1S/C24H30N2O2/c27-14-10-17-3-6-19(7-4-17)25-13-9-20-22-2-1-12-26(22)23-8-5-18(11-15-28)16-21(23)24(20)25/h3-8,16,20,22,24,27-28H,1-2,9-15H2/t20-,22-,24-/m0/s1. The van der Waals surface area contributed by atoms with Crippen molar-refractivity contribution in [1.29, 1.82) is 0 Å². The van der Waals surface area contributed by atoms with E-state index in [0.717, 1.165) is 19.4 Å². The number of rotatable bonds is 5. The maximum Gasteiger partial charge on any atom is 0.0611 e. The lowest BCUT2D eigenvalue weighted by Gasteiger charge is -2.44. The molecule has 0 bridgehead atoms. The van der Waals surface area contributed by atoms with Crippen molar-refractivity contribution >= 4 is 11.4 Å². The van der Waals surface area contributed by atoms with E-state index in [1.807, 2.05) is 0 Å². The van der Waals surface area contributed by atoms with E-state index in [1.54, 1.807) is 0 Å². The van der Waals surface area contributed by atoms with Crippen LogP contribution in [0.3, 0.4) is 0 Å². The molecule has 2 saturated heterocycles. The monoisotopic (exact) mass is 378 g/mol. The first-order valence-corrected chi connectivity index (χ1v) is 10.8. The summed E-state index contributed by atoms with van der Waals surface area (Å²) in [5, 5.41) is 18.6. The van der Waals surface area contributed by atoms with Gasteiger partial charge >= 0.3 is 0 Å². The highest BCUT2D eigenvalue weighted by molar-refractivity contribution is 5.65. The Bertz CT molecular complexity index is 835. The number of hydrogen-bond donors (Lipinski definition) is 2. The van der Waals surface area contributed by atoms with Gasteiger partial charge in [0, 0.05) is 49.6 Å². The molecule has 5 rings (SSSR count). The minimum absolute atomic E-state index is 0.201. The van der Waals surface area contributed by atoms with Crippen molar-refractivity contribution < 1.29 is 10.2 Å². The Labute approximate surface area is 167 Å². The molecule has 0 saturated carbocycles. The number of anilines is 2. The molecule has 3 aliphatic heterocycles. The number of fused-ring (bicyclic) bond motifs is 6. The van der Waals surface area contributed by atoms with E-state index in [-0.39, 0.29) is 13.2 Å². The van der Waals surface area contributed by atoms with Gasteiger partial charge in [-0.2, -0.15) is 0 Å². The highest BCUT2D eigenvalue weighted by atomic mass is 16.3. The van der Waals surface area contributed by atoms with E-state index < -0.39 is 0 Å². The lowest BCUT2D eigenvalue weighted by Crippen LogP contribution is -2.44. The van der Waals surface area contributed by atoms with E-state index in [2.05, 4.69) is 52.3 Å². The second-order valence-electron chi connectivity index (χ2n) is 8.50. The summed E-state index contributed by atoms with van der Waals surface area (Å²) in [5.41, 5.74) is 6.58. The third-order valence-electron chi connectivity index (χ3n) is 7.03. The molecule has 4 nitrogen and oxygen atoms in total. The lowest BCUT2D eigenvalue weighted by molar-refractivity contribution is 0.299. The van der Waals surface area contributed by atoms with Crippen LogP contribution >= 0.6 is 0 Å². The number of benzene rings is 2. The van der Waals surface area contributed by atoms with Gasteiger partial charge in [-0.1, -0.05) is 24.3 Å². The van der Waals surface area contributed by atoms with Crippen LogP contribution in [0.4, 0.5) is 11.4 Å². The summed E-state index contributed by atoms with van der Waals surface area (Å²) < 4.78 is 0. The second kappa shape index (κ2) is 7.41. The van der Waals surface area contributed by atoms with E-state index in [1.165, 1.54) is 53.9 Å². The van der Waals surface area contributed by atoms with Crippen LogP contribution in [0.5, 0.6) is 0 Å². The maximum absolute atomic E-state index is 9.42. The first-order valence-electron chi connectivity index (χ1n) is 10.8. The molecule has 148 valence electrons. The normalized spacial score (nSPS) is 25.6. The number of aliphatic hydroxyl groups excluding tert-OH is 2. The van der Waals surface area contributed by atoms with Crippen LogP contribution in [-0.2, 0) is 12.8 Å². The first kappa shape index (κ1) is 18.0. The van der Waals surface area contributed by atoms with Crippen molar-refractivity contribution in [2.24, 2.45) is 5.92 Å². The molecule has 3 aliphatic rings. The van der Waals surface area contributed by atoms with Gasteiger partial charge in [0.25, 0.3) is 0 Å².